The summed E-state index contributed by atoms with van der Waals surface area (Å²) in [6, 6.07) is 40.8. The van der Waals surface area contributed by atoms with Crippen molar-refractivity contribution in [1.82, 2.24) is 0 Å². The van der Waals surface area contributed by atoms with E-state index in [1.807, 2.05) is 56.3 Å². The maximum Gasteiger partial charge on any atom is 0.347 e. The Morgan fingerprint density at radius 2 is 0.717 bits per heavy atom. The highest BCUT2D eigenvalue weighted by molar-refractivity contribution is 5.99. The van der Waals surface area contributed by atoms with Crippen molar-refractivity contribution in [1.29, 1.82) is 0 Å². The lowest BCUT2D eigenvalue weighted by Crippen LogP contribution is -2.16. The molecule has 0 spiro atoms. The van der Waals surface area contributed by atoms with Crippen molar-refractivity contribution >= 4 is 35.8 Å². The zero-order valence-electron chi connectivity index (χ0n) is 57.5. The third-order valence-electron chi connectivity index (χ3n) is 15.7. The Labute approximate surface area is 581 Å². The van der Waals surface area contributed by atoms with Crippen LogP contribution < -0.4 is 42.6 Å². The molecule has 7 aromatic rings. The molecule has 0 bridgehead atoms. The van der Waals surface area contributed by atoms with E-state index in [2.05, 4.69) is 20.1 Å². The third-order valence-corrected chi connectivity index (χ3v) is 15.7. The van der Waals surface area contributed by atoms with Gasteiger partial charge < -0.3 is 56.8 Å². The van der Waals surface area contributed by atoms with Gasteiger partial charge in [-0.3, -0.25) is 0 Å². The largest absolute Gasteiger partial charge is 0.494 e. The smallest absolute Gasteiger partial charge is 0.347 e. The number of unbranched alkanes of at least 4 members (excludes halogenated alkanes) is 13. The number of carbonyl (C=O) groups is 6. The van der Waals surface area contributed by atoms with Gasteiger partial charge in [-0.2, -0.15) is 0 Å². The van der Waals surface area contributed by atoms with Crippen LogP contribution in [-0.4, -0.2) is 95.8 Å². The summed E-state index contributed by atoms with van der Waals surface area (Å²) in [6.45, 7) is 16.0. The Hall–Kier alpha value is -10.2. The van der Waals surface area contributed by atoms with Gasteiger partial charge in [-0.1, -0.05) is 107 Å². The molecule has 0 saturated heterocycles. The van der Waals surface area contributed by atoms with Gasteiger partial charge in [0.25, 0.3) is 0 Å². The molecule has 0 aromatic heterocycles. The molecular weight excluding hydrogens is 1260 g/mol. The van der Waals surface area contributed by atoms with E-state index >= 15 is 0 Å². The number of rotatable bonds is 45. The first-order valence-electron chi connectivity index (χ1n) is 34.2. The van der Waals surface area contributed by atoms with Gasteiger partial charge in [0.2, 0.25) is 0 Å². The lowest BCUT2D eigenvalue weighted by Gasteiger charge is -2.16. The van der Waals surface area contributed by atoms with Gasteiger partial charge in [-0.25, -0.2) is 28.8 Å². The Bertz CT molecular complexity index is 3720. The second kappa shape index (κ2) is 42.5. The van der Waals surface area contributed by atoms with Gasteiger partial charge in [-0.15, -0.1) is 0 Å². The van der Waals surface area contributed by atoms with Crippen molar-refractivity contribution in [3.8, 4) is 74.0 Å². The molecule has 0 heterocycles. The molecule has 0 unspecified atom stereocenters. The van der Waals surface area contributed by atoms with E-state index in [1.165, 1.54) is 31.0 Å². The first-order chi connectivity index (χ1) is 48.3. The molecule has 0 saturated carbocycles. The number of ether oxygens (including phenoxy) is 12. The van der Waals surface area contributed by atoms with Crippen LogP contribution in [-0.2, 0) is 23.8 Å². The molecule has 524 valence electrons. The standard InChI is InChI=1S/C81H92O18/c1-7-11-12-13-14-15-21-51-93-73-45-37-64(60-30-28-59(29-31-60)63-36-44-72(89-10-4)74(55-63)98-80(86)68-54-58(5)27-43-70(68)92-50-22-17-19-24-53-95-77(83)9-3)56-75(73)99-81(87)69-57-67(42-46-71(69)97-79(85)62-34-40-66(41-35-62)91-49-26-25-47-88-6)96-78(84)61-32-38-65(39-33-61)90-48-20-16-18-23-52-94-76(82)8-2/h8-9,27-46,54-57H,2-3,7,10-26,47-53H2,1,4-6H3. The lowest BCUT2D eigenvalue weighted by atomic mass is 9.99. The maximum absolute atomic E-state index is 14.9. The van der Waals surface area contributed by atoms with Crippen LogP contribution in [0.2, 0.25) is 0 Å². The van der Waals surface area contributed by atoms with Crippen LogP contribution >= 0.6 is 0 Å². The number of esters is 6. The molecule has 99 heavy (non-hydrogen) atoms. The average molecular weight is 1350 g/mol. The molecule has 0 aliphatic heterocycles. The van der Waals surface area contributed by atoms with Gasteiger partial charge in [-0.05, 0) is 210 Å². The van der Waals surface area contributed by atoms with Crippen molar-refractivity contribution in [2.75, 3.05) is 60.0 Å². The Balaban J connectivity index is 1.11. The SMILES string of the molecule is C=CC(=O)OCCCCCCOc1ccc(C(=O)Oc2ccc(OC(=O)c3ccc(OCCCCOC)cc3)c(C(=O)Oc3cc(-c4ccc(-c5ccc(OCC)c(OC(=O)c6cc(C)ccc6OCCCCCCOC(=O)C=C)c5)cc4)ccc3OCCCCCCCCC)c2)cc1. The maximum atomic E-state index is 14.9. The summed E-state index contributed by atoms with van der Waals surface area (Å²) < 4.78 is 69.6. The monoisotopic (exact) mass is 1350 g/mol. The van der Waals surface area contributed by atoms with E-state index in [9.17, 15) is 28.8 Å². The summed E-state index contributed by atoms with van der Waals surface area (Å²) in [6.07, 6.45) is 17.7. The summed E-state index contributed by atoms with van der Waals surface area (Å²) in [4.78, 5) is 79.2. The number of aryl methyl sites for hydroxylation is 1. The van der Waals surface area contributed by atoms with Crippen LogP contribution in [0.3, 0.4) is 0 Å². The second-order valence-electron chi connectivity index (χ2n) is 23.4. The lowest BCUT2D eigenvalue weighted by molar-refractivity contribution is -0.138. The van der Waals surface area contributed by atoms with E-state index in [0.717, 1.165) is 131 Å². The third kappa shape index (κ3) is 26.0. The minimum absolute atomic E-state index is 0.0342. The highest BCUT2D eigenvalue weighted by atomic mass is 16.6. The topological polar surface area (TPSA) is 213 Å². The number of hydrogen-bond donors (Lipinski definition) is 0. The predicted octanol–water partition coefficient (Wildman–Crippen LogP) is 17.9. The Morgan fingerprint density at radius 1 is 0.333 bits per heavy atom. The van der Waals surface area contributed by atoms with E-state index < -0.39 is 35.8 Å². The van der Waals surface area contributed by atoms with Crippen molar-refractivity contribution in [3.05, 3.63) is 199 Å². The molecule has 0 atom stereocenters. The van der Waals surface area contributed by atoms with Gasteiger partial charge in [0.05, 0.1) is 57.4 Å². The van der Waals surface area contributed by atoms with Gasteiger partial charge in [0.1, 0.15) is 39.9 Å². The fourth-order valence-electron chi connectivity index (χ4n) is 10.3. The van der Waals surface area contributed by atoms with Crippen LogP contribution in [0, 0.1) is 6.92 Å². The minimum atomic E-state index is -0.939. The summed E-state index contributed by atoms with van der Waals surface area (Å²) in [5, 5.41) is 0. The molecular formula is C81H92O18. The molecule has 18 heteroatoms. The summed E-state index contributed by atoms with van der Waals surface area (Å²) >= 11 is 0. The van der Waals surface area contributed by atoms with E-state index in [-0.39, 0.29) is 45.3 Å². The minimum Gasteiger partial charge on any atom is -0.494 e. The number of carbonyl (C=O) groups excluding carboxylic acids is 6. The van der Waals surface area contributed by atoms with Crippen LogP contribution in [0.15, 0.2) is 171 Å². The Morgan fingerprint density at radius 3 is 1.21 bits per heavy atom. The molecule has 0 radical (unpaired) electrons. The quantitative estimate of drug-likeness (QED) is 0.0150. The first-order valence-corrected chi connectivity index (χ1v) is 34.2. The van der Waals surface area contributed by atoms with Crippen molar-refractivity contribution in [2.45, 2.75) is 130 Å². The average Bonchev–Trinajstić information content (AvgIpc) is 0.824. The molecule has 18 nitrogen and oxygen atoms in total. The molecule has 7 rings (SSSR count). The molecule has 0 fully saturated rings. The highest BCUT2D eigenvalue weighted by Crippen LogP contribution is 2.39. The molecule has 7 aromatic carbocycles. The van der Waals surface area contributed by atoms with Crippen LogP contribution in [0.5, 0.6) is 51.7 Å². The van der Waals surface area contributed by atoms with Crippen LogP contribution in [0.25, 0.3) is 22.3 Å². The normalized spacial score (nSPS) is 10.8. The number of methoxy groups -OCH3 is 1. The fourth-order valence-corrected chi connectivity index (χ4v) is 10.3. The van der Waals surface area contributed by atoms with Crippen LogP contribution in [0.1, 0.15) is 170 Å². The highest BCUT2D eigenvalue weighted by Gasteiger charge is 2.25. The van der Waals surface area contributed by atoms with E-state index in [4.69, 9.17) is 56.8 Å². The molecule has 0 aliphatic rings. The molecule has 0 aliphatic carbocycles. The number of benzene rings is 7. The van der Waals surface area contributed by atoms with E-state index in [0.29, 0.717) is 87.2 Å². The molecule has 0 amide bonds. The predicted molar refractivity (Wildman–Crippen MR) is 379 cm³/mol. The number of hydrogen-bond acceptors (Lipinski definition) is 18. The zero-order chi connectivity index (χ0) is 70.4. The summed E-state index contributed by atoms with van der Waals surface area (Å²) in [5.74, 6) is -1.65. The fraction of sp³-hybridized carbons (Fsp3) is 0.358. The van der Waals surface area contributed by atoms with Gasteiger partial charge >= 0.3 is 35.8 Å². The summed E-state index contributed by atoms with van der Waals surface area (Å²) in [7, 11) is 1.65. The van der Waals surface area contributed by atoms with Crippen LogP contribution in [0.4, 0.5) is 0 Å². The van der Waals surface area contributed by atoms with Crippen molar-refractivity contribution < 1.29 is 85.6 Å². The van der Waals surface area contributed by atoms with Crippen molar-refractivity contribution in [2.24, 2.45) is 0 Å². The van der Waals surface area contributed by atoms with Crippen molar-refractivity contribution in [3.63, 3.8) is 0 Å². The zero-order valence-corrected chi connectivity index (χ0v) is 57.5. The second-order valence-corrected chi connectivity index (χ2v) is 23.4. The summed E-state index contributed by atoms with van der Waals surface area (Å²) in [5.41, 5.74) is 4.25. The van der Waals surface area contributed by atoms with Gasteiger partial charge in [0.15, 0.2) is 23.0 Å². The molecule has 0 N–H and O–H groups in total. The van der Waals surface area contributed by atoms with E-state index in [1.54, 1.807) is 92.0 Å². The first kappa shape index (κ1) is 76.2. The Kier molecular flexibility index (Phi) is 32.7. The van der Waals surface area contributed by atoms with Gasteiger partial charge in [0, 0.05) is 25.9 Å².